The molecule has 1 heterocycles. The molecule has 0 saturated heterocycles. The number of hydrogen-bond donors (Lipinski definition) is 1. The minimum atomic E-state index is -1.06. The van der Waals surface area contributed by atoms with Crippen LogP contribution >= 0.6 is 22.9 Å². The molecule has 0 saturated carbocycles. The van der Waals surface area contributed by atoms with Crippen LogP contribution in [-0.4, -0.2) is 21.8 Å². The molecule has 0 aliphatic rings. The predicted molar refractivity (Wildman–Crippen MR) is 107 cm³/mol. The number of aryl methyl sites for hydroxylation is 1. The van der Waals surface area contributed by atoms with Gasteiger partial charge in [-0.1, -0.05) is 59.6 Å². The maximum atomic E-state index is 12.5. The Morgan fingerprint density at radius 2 is 1.85 bits per heavy atom. The number of benzene rings is 2. The van der Waals surface area contributed by atoms with Crippen LogP contribution in [0.2, 0.25) is 5.02 Å². The van der Waals surface area contributed by atoms with Crippen molar-refractivity contribution in [3.8, 4) is 10.6 Å². The van der Waals surface area contributed by atoms with E-state index in [9.17, 15) is 14.7 Å². The summed E-state index contributed by atoms with van der Waals surface area (Å²) in [6.45, 7) is 2.02. The van der Waals surface area contributed by atoms with Gasteiger partial charge in [0, 0.05) is 28.8 Å². The van der Waals surface area contributed by atoms with Gasteiger partial charge in [0.25, 0.3) is 0 Å². The summed E-state index contributed by atoms with van der Waals surface area (Å²) in [5, 5.41) is 12.6. The first-order valence-electron chi connectivity index (χ1n) is 8.44. The molecular formula is C21H18ClNO3S. The molecule has 0 spiro atoms. The van der Waals surface area contributed by atoms with E-state index in [1.807, 2.05) is 36.6 Å². The summed E-state index contributed by atoms with van der Waals surface area (Å²) < 4.78 is 0. The molecule has 6 heteroatoms. The summed E-state index contributed by atoms with van der Waals surface area (Å²) in [4.78, 5) is 28.6. The Labute approximate surface area is 166 Å². The largest absolute Gasteiger partial charge is 0.481 e. The zero-order valence-corrected chi connectivity index (χ0v) is 16.3. The first-order valence-corrected chi connectivity index (χ1v) is 9.70. The number of carbonyl (C=O) groups is 2. The predicted octanol–water partition coefficient (Wildman–Crippen LogP) is 5.14. The van der Waals surface area contributed by atoms with Crippen molar-refractivity contribution < 1.29 is 14.7 Å². The lowest BCUT2D eigenvalue weighted by Gasteiger charge is -2.13. The Kier molecular flexibility index (Phi) is 6.04. The molecule has 0 bridgehead atoms. The van der Waals surface area contributed by atoms with Gasteiger partial charge >= 0.3 is 5.97 Å². The molecule has 3 aromatic rings. The zero-order chi connectivity index (χ0) is 19.4. The van der Waals surface area contributed by atoms with Gasteiger partial charge in [0.2, 0.25) is 0 Å². The van der Waals surface area contributed by atoms with Gasteiger partial charge in [-0.2, -0.15) is 0 Å². The molecule has 138 valence electrons. The molecule has 0 fully saturated rings. The van der Waals surface area contributed by atoms with Gasteiger partial charge in [0.05, 0.1) is 11.6 Å². The Bertz CT molecular complexity index is 966. The van der Waals surface area contributed by atoms with E-state index in [2.05, 4.69) is 4.98 Å². The van der Waals surface area contributed by atoms with Crippen LogP contribution in [0.1, 0.15) is 29.2 Å². The molecule has 0 aliphatic heterocycles. The van der Waals surface area contributed by atoms with E-state index in [0.717, 1.165) is 10.6 Å². The number of carboxylic acids is 1. The van der Waals surface area contributed by atoms with Crippen LogP contribution in [0.5, 0.6) is 0 Å². The number of rotatable bonds is 7. The number of nitrogens with zero attached hydrogens (tertiary/aromatic N) is 1. The number of thiazole rings is 1. The van der Waals surface area contributed by atoms with Gasteiger partial charge in [0.1, 0.15) is 10.8 Å². The minimum Gasteiger partial charge on any atom is -0.481 e. The standard InChI is InChI=1S/C21H18ClNO3S/c1-13-6-8-14(9-7-13)20-23-15(12-27-20)10-16(24)11-18(21(25)26)17-4-2-3-5-19(17)22/h2-9,12,18H,10-11H2,1H3,(H,25,26). The van der Waals surface area contributed by atoms with E-state index in [4.69, 9.17) is 11.6 Å². The summed E-state index contributed by atoms with van der Waals surface area (Å²) in [5.41, 5.74) is 3.29. The molecule has 2 aromatic carbocycles. The summed E-state index contributed by atoms with van der Waals surface area (Å²) in [7, 11) is 0. The fraction of sp³-hybridized carbons (Fsp3) is 0.190. The molecule has 4 nitrogen and oxygen atoms in total. The maximum Gasteiger partial charge on any atom is 0.311 e. The normalized spacial score (nSPS) is 11.9. The number of hydrogen-bond acceptors (Lipinski definition) is 4. The minimum absolute atomic E-state index is 0.108. The third kappa shape index (κ3) is 4.81. The number of aromatic nitrogens is 1. The number of Topliss-reactive ketones (excluding diaryl/α,β-unsaturated/α-hetero) is 1. The van der Waals surface area contributed by atoms with E-state index >= 15 is 0 Å². The number of carboxylic acid groups (broad SMARTS) is 1. The fourth-order valence-corrected chi connectivity index (χ4v) is 3.90. The molecule has 0 radical (unpaired) electrons. The highest BCUT2D eigenvalue weighted by Gasteiger charge is 2.25. The first-order chi connectivity index (χ1) is 12.9. The summed E-state index contributed by atoms with van der Waals surface area (Å²) in [6, 6.07) is 14.8. The van der Waals surface area contributed by atoms with Crippen molar-refractivity contribution in [1.29, 1.82) is 0 Å². The SMILES string of the molecule is Cc1ccc(-c2nc(CC(=O)CC(C(=O)O)c3ccccc3Cl)cs2)cc1. The molecule has 1 N–H and O–H groups in total. The summed E-state index contributed by atoms with van der Waals surface area (Å²) >= 11 is 7.58. The van der Waals surface area contributed by atoms with Crippen LogP contribution < -0.4 is 0 Å². The van der Waals surface area contributed by atoms with Crippen LogP contribution in [-0.2, 0) is 16.0 Å². The fourth-order valence-electron chi connectivity index (χ4n) is 2.81. The molecule has 3 rings (SSSR count). The van der Waals surface area contributed by atoms with Crippen LogP contribution in [0.3, 0.4) is 0 Å². The van der Waals surface area contributed by atoms with Gasteiger partial charge in [-0.15, -0.1) is 11.3 Å². The summed E-state index contributed by atoms with van der Waals surface area (Å²) in [6.07, 6.45) is -0.00689. The van der Waals surface area contributed by atoms with E-state index in [1.54, 1.807) is 24.3 Å². The second-order valence-electron chi connectivity index (χ2n) is 6.34. The third-order valence-corrected chi connectivity index (χ3v) is 5.52. The quantitative estimate of drug-likeness (QED) is 0.597. The number of halogens is 1. The van der Waals surface area contributed by atoms with Gasteiger partial charge in [-0.25, -0.2) is 4.98 Å². The van der Waals surface area contributed by atoms with Gasteiger partial charge < -0.3 is 5.11 Å². The molecule has 0 aliphatic carbocycles. The third-order valence-electron chi connectivity index (χ3n) is 4.24. The van der Waals surface area contributed by atoms with Crippen molar-refractivity contribution >= 4 is 34.7 Å². The van der Waals surface area contributed by atoms with Crippen LogP contribution in [0.25, 0.3) is 10.6 Å². The van der Waals surface area contributed by atoms with Crippen LogP contribution in [0.15, 0.2) is 53.9 Å². The second-order valence-corrected chi connectivity index (χ2v) is 7.61. The van der Waals surface area contributed by atoms with Gasteiger partial charge in [0.15, 0.2) is 0 Å². The molecule has 0 amide bonds. The zero-order valence-electron chi connectivity index (χ0n) is 14.7. The van der Waals surface area contributed by atoms with Crippen molar-refractivity contribution in [2.75, 3.05) is 0 Å². The number of carbonyl (C=O) groups excluding carboxylic acids is 1. The smallest absolute Gasteiger partial charge is 0.311 e. The lowest BCUT2D eigenvalue weighted by molar-refractivity contribution is -0.140. The van der Waals surface area contributed by atoms with Crippen molar-refractivity contribution in [2.45, 2.75) is 25.7 Å². The maximum absolute atomic E-state index is 12.5. The highest BCUT2D eigenvalue weighted by Crippen LogP contribution is 2.29. The van der Waals surface area contributed by atoms with Crippen molar-refractivity contribution in [1.82, 2.24) is 4.98 Å². The van der Waals surface area contributed by atoms with Crippen molar-refractivity contribution in [2.24, 2.45) is 0 Å². The van der Waals surface area contributed by atoms with Gasteiger partial charge in [-0.3, -0.25) is 9.59 Å². The Balaban J connectivity index is 1.71. The highest BCUT2D eigenvalue weighted by atomic mass is 35.5. The Hall–Kier alpha value is -2.50. The molecule has 1 unspecified atom stereocenters. The van der Waals surface area contributed by atoms with Crippen molar-refractivity contribution in [3.63, 3.8) is 0 Å². The monoisotopic (exact) mass is 399 g/mol. The second kappa shape index (κ2) is 8.46. The lowest BCUT2D eigenvalue weighted by Crippen LogP contribution is -2.17. The average molecular weight is 400 g/mol. The van der Waals surface area contributed by atoms with E-state index < -0.39 is 11.9 Å². The van der Waals surface area contributed by atoms with Crippen molar-refractivity contribution in [3.05, 3.63) is 75.8 Å². The number of ketones is 1. The Morgan fingerprint density at radius 3 is 2.52 bits per heavy atom. The molecule has 1 aromatic heterocycles. The van der Waals surface area contributed by atoms with Crippen LogP contribution in [0, 0.1) is 6.92 Å². The summed E-state index contributed by atoms with van der Waals surface area (Å²) in [5.74, 6) is -2.19. The molecule has 27 heavy (non-hydrogen) atoms. The van der Waals surface area contributed by atoms with Gasteiger partial charge in [-0.05, 0) is 18.6 Å². The lowest BCUT2D eigenvalue weighted by atomic mass is 9.92. The highest BCUT2D eigenvalue weighted by molar-refractivity contribution is 7.13. The molecular weight excluding hydrogens is 382 g/mol. The topological polar surface area (TPSA) is 67.3 Å². The van der Waals surface area contributed by atoms with E-state index in [1.165, 1.54) is 16.9 Å². The van der Waals surface area contributed by atoms with E-state index in [0.29, 0.717) is 16.3 Å². The average Bonchev–Trinajstić information content (AvgIpc) is 3.09. The number of aliphatic carboxylic acids is 1. The molecule has 1 atom stereocenters. The van der Waals surface area contributed by atoms with E-state index in [-0.39, 0.29) is 18.6 Å². The van der Waals surface area contributed by atoms with Crippen LogP contribution in [0.4, 0.5) is 0 Å². The Morgan fingerprint density at radius 1 is 1.15 bits per heavy atom. The first kappa shape index (κ1) is 19.3.